The Morgan fingerprint density at radius 1 is 1.33 bits per heavy atom. The molecule has 1 aliphatic carbocycles. The average Bonchev–Trinajstić information content (AvgIpc) is 2.79. The predicted octanol–water partition coefficient (Wildman–Crippen LogP) is 2.92. The van der Waals surface area contributed by atoms with Crippen LogP contribution in [-0.4, -0.2) is 4.98 Å². The normalized spacial score (nSPS) is 14.4. The van der Waals surface area contributed by atoms with Crippen LogP contribution in [-0.2, 0) is 19.4 Å². The van der Waals surface area contributed by atoms with Gasteiger partial charge in [0, 0.05) is 16.6 Å². The number of benzene rings is 1. The second kappa shape index (κ2) is 3.19. The van der Waals surface area contributed by atoms with E-state index in [0.717, 1.165) is 23.9 Å². The number of H-pyrrole nitrogens is 1. The maximum Gasteiger partial charge on any atom is 0.108 e. The lowest BCUT2D eigenvalue weighted by atomic mass is 10.1. The molecule has 0 aliphatic heterocycles. The van der Waals surface area contributed by atoms with Crippen LogP contribution in [0.4, 0.5) is 0 Å². The zero-order valence-corrected chi connectivity index (χ0v) is 8.42. The van der Waals surface area contributed by atoms with Gasteiger partial charge < -0.3 is 4.98 Å². The number of para-hydroxylation sites is 1. The summed E-state index contributed by atoms with van der Waals surface area (Å²) in [4.78, 5) is 13.8. The molecule has 3 rings (SSSR count). The van der Waals surface area contributed by atoms with Gasteiger partial charge in [0.2, 0.25) is 0 Å². The Hall–Kier alpha value is -1.64. The first-order valence-electron chi connectivity index (χ1n) is 5.30. The van der Waals surface area contributed by atoms with E-state index in [9.17, 15) is 4.91 Å². The quantitative estimate of drug-likeness (QED) is 0.744. The van der Waals surface area contributed by atoms with E-state index in [-0.39, 0.29) is 6.54 Å². The molecule has 76 valence electrons. The van der Waals surface area contributed by atoms with Crippen LogP contribution in [0.3, 0.4) is 0 Å². The van der Waals surface area contributed by atoms with Crippen molar-refractivity contribution in [3.8, 4) is 0 Å². The molecule has 0 atom stereocenters. The lowest BCUT2D eigenvalue weighted by Crippen LogP contribution is -1.84. The van der Waals surface area contributed by atoms with E-state index in [1.165, 1.54) is 23.1 Å². The van der Waals surface area contributed by atoms with Crippen LogP contribution in [0.25, 0.3) is 10.9 Å². The summed E-state index contributed by atoms with van der Waals surface area (Å²) in [7, 11) is 0. The first kappa shape index (κ1) is 8.65. The summed E-state index contributed by atoms with van der Waals surface area (Å²) in [6.07, 6.45) is 3.54. The first-order valence-corrected chi connectivity index (χ1v) is 5.30. The molecule has 0 radical (unpaired) electrons. The molecule has 3 nitrogen and oxygen atoms in total. The fourth-order valence-electron chi connectivity index (χ4n) is 2.53. The number of nitrogens with zero attached hydrogens (tertiary/aromatic N) is 1. The summed E-state index contributed by atoms with van der Waals surface area (Å²) in [5.41, 5.74) is 4.92. The van der Waals surface area contributed by atoms with Gasteiger partial charge in [-0.2, -0.15) is 4.91 Å². The average molecular weight is 200 g/mol. The van der Waals surface area contributed by atoms with Crippen molar-refractivity contribution in [3.05, 3.63) is 39.9 Å². The van der Waals surface area contributed by atoms with E-state index in [1.54, 1.807) is 0 Å². The van der Waals surface area contributed by atoms with Crippen LogP contribution in [0.2, 0.25) is 0 Å². The van der Waals surface area contributed by atoms with Crippen molar-refractivity contribution in [1.29, 1.82) is 0 Å². The Bertz CT molecular complexity index is 528. The third-order valence-electron chi connectivity index (χ3n) is 3.20. The number of fused-ring (bicyclic) bond motifs is 3. The number of aromatic nitrogens is 1. The van der Waals surface area contributed by atoms with Gasteiger partial charge in [-0.05, 0) is 24.8 Å². The molecule has 1 aliphatic rings. The number of nitrogens with one attached hydrogen (secondary N) is 1. The summed E-state index contributed by atoms with van der Waals surface area (Å²) in [5.74, 6) is 0. The number of hydrogen-bond acceptors (Lipinski definition) is 2. The van der Waals surface area contributed by atoms with E-state index in [0.29, 0.717) is 0 Å². The zero-order valence-electron chi connectivity index (χ0n) is 8.42. The Morgan fingerprint density at radius 3 is 3.13 bits per heavy atom. The summed E-state index contributed by atoms with van der Waals surface area (Å²) in [6, 6.07) is 6.11. The van der Waals surface area contributed by atoms with Crippen LogP contribution in [0.1, 0.15) is 23.2 Å². The Morgan fingerprint density at radius 2 is 2.27 bits per heavy atom. The van der Waals surface area contributed by atoms with Crippen molar-refractivity contribution in [2.24, 2.45) is 5.18 Å². The summed E-state index contributed by atoms with van der Waals surface area (Å²) in [5, 5.41) is 4.25. The molecular weight excluding hydrogens is 188 g/mol. The molecule has 1 heterocycles. The number of nitroso groups, excluding NO2 is 1. The monoisotopic (exact) mass is 200 g/mol. The number of aromatic amines is 1. The van der Waals surface area contributed by atoms with Crippen molar-refractivity contribution in [1.82, 2.24) is 4.98 Å². The SMILES string of the molecule is O=NCc1cccc2c3c([nH]c12)CCC3. The van der Waals surface area contributed by atoms with Gasteiger partial charge in [-0.3, -0.25) is 0 Å². The van der Waals surface area contributed by atoms with Crippen molar-refractivity contribution in [2.45, 2.75) is 25.8 Å². The maximum atomic E-state index is 10.3. The standard InChI is InChI=1S/C12H12N2O/c15-13-7-8-3-1-5-10-9-4-2-6-11(9)14-12(8)10/h1,3,5,14H,2,4,6-7H2. The van der Waals surface area contributed by atoms with Crippen LogP contribution in [0.5, 0.6) is 0 Å². The minimum atomic E-state index is 0.261. The molecule has 0 unspecified atom stereocenters. The summed E-state index contributed by atoms with van der Waals surface area (Å²) in [6.45, 7) is 0.261. The van der Waals surface area contributed by atoms with Gasteiger partial charge in [0.15, 0.2) is 0 Å². The second-order valence-electron chi connectivity index (χ2n) is 4.06. The minimum absolute atomic E-state index is 0.261. The zero-order chi connectivity index (χ0) is 10.3. The fraction of sp³-hybridized carbons (Fsp3) is 0.333. The highest BCUT2D eigenvalue weighted by Gasteiger charge is 2.17. The molecule has 2 aromatic rings. The minimum Gasteiger partial charge on any atom is -0.358 e. The van der Waals surface area contributed by atoms with Crippen molar-refractivity contribution < 1.29 is 0 Å². The second-order valence-corrected chi connectivity index (χ2v) is 4.06. The Labute approximate surface area is 87.5 Å². The van der Waals surface area contributed by atoms with Crippen LogP contribution >= 0.6 is 0 Å². The van der Waals surface area contributed by atoms with E-state index in [4.69, 9.17) is 0 Å². The topological polar surface area (TPSA) is 45.2 Å². The van der Waals surface area contributed by atoms with Gasteiger partial charge >= 0.3 is 0 Å². The lowest BCUT2D eigenvalue weighted by molar-refractivity contribution is 0.898. The van der Waals surface area contributed by atoms with Gasteiger partial charge in [0.25, 0.3) is 0 Å². The predicted molar refractivity (Wildman–Crippen MR) is 59.8 cm³/mol. The largest absolute Gasteiger partial charge is 0.358 e. The molecule has 15 heavy (non-hydrogen) atoms. The first-order chi connectivity index (χ1) is 7.40. The van der Waals surface area contributed by atoms with Gasteiger partial charge in [-0.1, -0.05) is 23.4 Å². The number of hydrogen-bond donors (Lipinski definition) is 1. The number of rotatable bonds is 2. The van der Waals surface area contributed by atoms with Crippen LogP contribution in [0.15, 0.2) is 23.4 Å². The molecule has 0 saturated heterocycles. The molecule has 1 aromatic heterocycles. The van der Waals surface area contributed by atoms with Crippen LogP contribution in [0, 0.1) is 4.91 Å². The van der Waals surface area contributed by atoms with Gasteiger partial charge in [0.05, 0.1) is 5.52 Å². The van der Waals surface area contributed by atoms with Gasteiger partial charge in [0.1, 0.15) is 6.54 Å². The number of aryl methyl sites for hydroxylation is 2. The molecule has 0 amide bonds. The van der Waals surface area contributed by atoms with E-state index in [2.05, 4.69) is 16.2 Å². The third kappa shape index (κ3) is 1.19. The van der Waals surface area contributed by atoms with E-state index < -0.39 is 0 Å². The van der Waals surface area contributed by atoms with Gasteiger partial charge in [-0.15, -0.1) is 0 Å². The van der Waals surface area contributed by atoms with Crippen molar-refractivity contribution in [2.75, 3.05) is 0 Å². The molecule has 1 N–H and O–H groups in total. The molecule has 0 spiro atoms. The molecule has 0 bridgehead atoms. The fourth-order valence-corrected chi connectivity index (χ4v) is 2.53. The smallest absolute Gasteiger partial charge is 0.108 e. The van der Waals surface area contributed by atoms with Crippen molar-refractivity contribution >= 4 is 10.9 Å². The van der Waals surface area contributed by atoms with Crippen LogP contribution < -0.4 is 0 Å². The maximum absolute atomic E-state index is 10.3. The molecule has 0 fully saturated rings. The van der Waals surface area contributed by atoms with Crippen molar-refractivity contribution in [3.63, 3.8) is 0 Å². The molecule has 1 aromatic carbocycles. The summed E-state index contributed by atoms with van der Waals surface area (Å²) < 4.78 is 0. The third-order valence-corrected chi connectivity index (χ3v) is 3.20. The molecular formula is C12H12N2O. The van der Waals surface area contributed by atoms with E-state index in [1.807, 2.05) is 12.1 Å². The van der Waals surface area contributed by atoms with Gasteiger partial charge in [-0.25, -0.2) is 0 Å². The highest BCUT2D eigenvalue weighted by molar-refractivity contribution is 5.87. The van der Waals surface area contributed by atoms with E-state index >= 15 is 0 Å². The Kier molecular flexibility index (Phi) is 1.84. The highest BCUT2D eigenvalue weighted by atomic mass is 16.3. The summed E-state index contributed by atoms with van der Waals surface area (Å²) >= 11 is 0. The lowest BCUT2D eigenvalue weighted by Gasteiger charge is -1.98. The Balaban J connectivity index is 2.27. The molecule has 0 saturated carbocycles. The highest BCUT2D eigenvalue weighted by Crippen LogP contribution is 2.31. The molecule has 3 heteroatoms.